The summed E-state index contributed by atoms with van der Waals surface area (Å²) in [6, 6.07) is 4.38. The molecule has 0 aromatic heterocycles. The highest BCUT2D eigenvalue weighted by Gasteiger charge is 2.36. The molecule has 1 aromatic carbocycles. The summed E-state index contributed by atoms with van der Waals surface area (Å²) in [7, 11) is 0. The second-order valence-electron chi connectivity index (χ2n) is 5.83. The van der Waals surface area contributed by atoms with Gasteiger partial charge in [-0.15, -0.1) is 0 Å². The van der Waals surface area contributed by atoms with Crippen molar-refractivity contribution in [3.8, 4) is 0 Å². The number of anilines is 2. The fourth-order valence-electron chi connectivity index (χ4n) is 2.74. The van der Waals surface area contributed by atoms with E-state index in [1.807, 2.05) is 4.90 Å². The summed E-state index contributed by atoms with van der Waals surface area (Å²) in [6.45, 7) is 2.45. The third kappa shape index (κ3) is 2.86. The van der Waals surface area contributed by atoms with Crippen molar-refractivity contribution in [1.29, 1.82) is 0 Å². The van der Waals surface area contributed by atoms with Crippen LogP contribution in [0.25, 0.3) is 0 Å². The molecule has 0 bridgehead atoms. The zero-order valence-corrected chi connectivity index (χ0v) is 11.4. The Labute approximate surface area is 118 Å². The van der Waals surface area contributed by atoms with Gasteiger partial charge in [-0.25, -0.2) is 4.39 Å². The monoisotopic (exact) mass is 277 g/mol. The van der Waals surface area contributed by atoms with E-state index in [9.17, 15) is 9.18 Å². The highest BCUT2D eigenvalue weighted by molar-refractivity contribution is 5.81. The second kappa shape index (κ2) is 5.31. The Kier molecular flexibility index (Phi) is 3.51. The summed E-state index contributed by atoms with van der Waals surface area (Å²) in [5, 5.41) is 3.26. The van der Waals surface area contributed by atoms with E-state index in [2.05, 4.69) is 5.32 Å². The van der Waals surface area contributed by atoms with Gasteiger partial charge in [0.15, 0.2) is 0 Å². The number of likely N-dealkylation sites (tertiary alicyclic amines) is 1. The third-order valence-electron chi connectivity index (χ3n) is 4.12. The first-order valence-electron chi connectivity index (χ1n) is 7.21. The Morgan fingerprint density at radius 1 is 1.40 bits per heavy atom. The topological polar surface area (TPSA) is 58.4 Å². The Morgan fingerprint density at radius 3 is 2.90 bits per heavy atom. The van der Waals surface area contributed by atoms with Gasteiger partial charge in [-0.2, -0.15) is 0 Å². The fourth-order valence-corrected chi connectivity index (χ4v) is 2.74. The molecule has 0 radical (unpaired) electrons. The number of hydrogen-bond acceptors (Lipinski definition) is 3. The Balaban J connectivity index is 1.50. The van der Waals surface area contributed by atoms with Gasteiger partial charge in [0.1, 0.15) is 5.82 Å². The summed E-state index contributed by atoms with van der Waals surface area (Å²) in [6.07, 6.45) is 3.14. The maximum atomic E-state index is 13.0. The normalized spacial score (nSPS) is 22.1. The maximum Gasteiger partial charge on any atom is 0.225 e. The van der Waals surface area contributed by atoms with Crippen LogP contribution in [0.4, 0.5) is 15.8 Å². The molecular formula is C15H20FN3O. The van der Waals surface area contributed by atoms with Gasteiger partial charge in [-0.1, -0.05) is 0 Å². The number of nitrogens with two attached hydrogens (primary N) is 1. The molecule has 1 saturated carbocycles. The van der Waals surface area contributed by atoms with Gasteiger partial charge in [0, 0.05) is 25.6 Å². The first kappa shape index (κ1) is 13.2. The van der Waals surface area contributed by atoms with Crippen molar-refractivity contribution >= 4 is 17.3 Å². The van der Waals surface area contributed by atoms with Crippen LogP contribution < -0.4 is 11.1 Å². The van der Waals surface area contributed by atoms with Crippen LogP contribution in [-0.4, -0.2) is 30.4 Å². The summed E-state index contributed by atoms with van der Waals surface area (Å²) in [5.41, 5.74) is 6.95. The molecule has 3 N–H and O–H groups in total. The van der Waals surface area contributed by atoms with E-state index in [4.69, 9.17) is 5.73 Å². The van der Waals surface area contributed by atoms with Crippen molar-refractivity contribution in [2.45, 2.75) is 19.3 Å². The number of nitrogens with zero attached hydrogens (tertiary/aromatic N) is 1. The van der Waals surface area contributed by atoms with Crippen LogP contribution in [0, 0.1) is 17.7 Å². The zero-order valence-electron chi connectivity index (χ0n) is 11.4. The van der Waals surface area contributed by atoms with Crippen LogP contribution in [-0.2, 0) is 4.79 Å². The SMILES string of the molecule is Nc1cc(F)ccc1NC[C@@H]1CCN(C(=O)C2CC2)C1. The van der Waals surface area contributed by atoms with Gasteiger partial charge in [0.05, 0.1) is 11.4 Å². The molecule has 20 heavy (non-hydrogen) atoms. The van der Waals surface area contributed by atoms with Gasteiger partial charge in [0.2, 0.25) is 5.91 Å². The Morgan fingerprint density at radius 2 is 2.20 bits per heavy atom. The number of nitrogens with one attached hydrogen (secondary N) is 1. The van der Waals surface area contributed by atoms with Crippen molar-refractivity contribution in [3.05, 3.63) is 24.0 Å². The number of amides is 1. The molecule has 0 unspecified atom stereocenters. The van der Waals surface area contributed by atoms with Gasteiger partial charge in [-0.3, -0.25) is 4.79 Å². The van der Waals surface area contributed by atoms with E-state index in [1.165, 1.54) is 12.1 Å². The number of halogens is 1. The molecule has 1 aliphatic heterocycles. The lowest BCUT2D eigenvalue weighted by Gasteiger charge is -2.17. The van der Waals surface area contributed by atoms with Crippen LogP contribution in [0.5, 0.6) is 0 Å². The van der Waals surface area contributed by atoms with Crippen LogP contribution in [0.2, 0.25) is 0 Å². The first-order valence-corrected chi connectivity index (χ1v) is 7.21. The van der Waals surface area contributed by atoms with Crippen LogP contribution in [0.3, 0.4) is 0 Å². The fraction of sp³-hybridized carbons (Fsp3) is 0.533. The lowest BCUT2D eigenvalue weighted by molar-refractivity contribution is -0.131. The second-order valence-corrected chi connectivity index (χ2v) is 5.83. The van der Waals surface area contributed by atoms with Gasteiger partial charge in [-0.05, 0) is 43.4 Å². The number of nitrogen functional groups attached to an aromatic ring is 1. The van der Waals surface area contributed by atoms with E-state index < -0.39 is 0 Å². The Hall–Kier alpha value is -1.78. The minimum absolute atomic E-state index is 0.300. The van der Waals surface area contributed by atoms with E-state index in [-0.39, 0.29) is 5.82 Å². The molecule has 3 rings (SSSR count). The lowest BCUT2D eigenvalue weighted by atomic mass is 10.1. The lowest BCUT2D eigenvalue weighted by Crippen LogP contribution is -2.30. The molecule has 1 saturated heterocycles. The minimum atomic E-state index is -0.324. The predicted octanol–water partition coefficient (Wildman–Crippen LogP) is 2.08. The molecule has 1 aromatic rings. The van der Waals surface area contributed by atoms with Crippen molar-refractivity contribution in [1.82, 2.24) is 4.90 Å². The van der Waals surface area contributed by atoms with Gasteiger partial charge in [0.25, 0.3) is 0 Å². The average molecular weight is 277 g/mol. The number of hydrogen-bond donors (Lipinski definition) is 2. The molecule has 1 atom stereocenters. The molecule has 108 valence electrons. The smallest absolute Gasteiger partial charge is 0.225 e. The minimum Gasteiger partial charge on any atom is -0.397 e. The number of carbonyl (C=O) groups is 1. The Bertz CT molecular complexity index is 516. The summed E-state index contributed by atoms with van der Waals surface area (Å²) in [5.74, 6) is 0.750. The summed E-state index contributed by atoms with van der Waals surface area (Å²) < 4.78 is 13.0. The standard InChI is InChI=1S/C15H20FN3O/c16-12-3-4-14(13(17)7-12)18-8-10-5-6-19(9-10)15(20)11-1-2-11/h3-4,7,10-11,18H,1-2,5-6,8-9,17H2/t10-/m0/s1. The molecule has 2 fully saturated rings. The van der Waals surface area contributed by atoms with Gasteiger partial charge < -0.3 is 16.0 Å². The maximum absolute atomic E-state index is 13.0. The van der Waals surface area contributed by atoms with Crippen molar-refractivity contribution in [2.24, 2.45) is 11.8 Å². The summed E-state index contributed by atoms with van der Waals surface area (Å²) in [4.78, 5) is 13.9. The zero-order chi connectivity index (χ0) is 14.1. The molecule has 2 aliphatic rings. The molecular weight excluding hydrogens is 257 g/mol. The van der Waals surface area contributed by atoms with Crippen LogP contribution in [0.15, 0.2) is 18.2 Å². The quantitative estimate of drug-likeness (QED) is 0.828. The van der Waals surface area contributed by atoms with Crippen molar-refractivity contribution in [2.75, 3.05) is 30.7 Å². The summed E-state index contributed by atoms with van der Waals surface area (Å²) >= 11 is 0. The predicted molar refractivity (Wildman–Crippen MR) is 76.7 cm³/mol. The van der Waals surface area contributed by atoms with Crippen molar-refractivity contribution in [3.63, 3.8) is 0 Å². The highest BCUT2D eigenvalue weighted by Crippen LogP contribution is 2.33. The number of benzene rings is 1. The molecule has 1 heterocycles. The largest absolute Gasteiger partial charge is 0.397 e. The van der Waals surface area contributed by atoms with Crippen LogP contribution >= 0.6 is 0 Å². The van der Waals surface area contributed by atoms with E-state index >= 15 is 0 Å². The molecule has 1 amide bonds. The third-order valence-corrected chi connectivity index (χ3v) is 4.12. The number of rotatable bonds is 4. The molecule has 5 heteroatoms. The highest BCUT2D eigenvalue weighted by atomic mass is 19.1. The van der Waals surface area contributed by atoms with Gasteiger partial charge >= 0.3 is 0 Å². The van der Waals surface area contributed by atoms with E-state index in [0.717, 1.165) is 44.6 Å². The van der Waals surface area contributed by atoms with Crippen LogP contribution in [0.1, 0.15) is 19.3 Å². The molecule has 1 aliphatic carbocycles. The first-order chi connectivity index (χ1) is 9.63. The van der Waals surface area contributed by atoms with Crippen molar-refractivity contribution < 1.29 is 9.18 Å². The van der Waals surface area contributed by atoms with E-state index in [0.29, 0.717) is 23.4 Å². The molecule has 0 spiro atoms. The van der Waals surface area contributed by atoms with E-state index in [1.54, 1.807) is 6.07 Å². The molecule has 4 nitrogen and oxygen atoms in total. The average Bonchev–Trinajstić information content (AvgIpc) is 3.16. The number of carbonyl (C=O) groups excluding carboxylic acids is 1.